The van der Waals surface area contributed by atoms with Gasteiger partial charge in [-0.15, -0.1) is 0 Å². The maximum absolute atomic E-state index is 6.08. The van der Waals surface area contributed by atoms with Crippen molar-refractivity contribution in [3.05, 3.63) is 71.8 Å². The van der Waals surface area contributed by atoms with Gasteiger partial charge in [0.05, 0.1) is 19.3 Å². The lowest BCUT2D eigenvalue weighted by Gasteiger charge is -2.37. The van der Waals surface area contributed by atoms with E-state index in [9.17, 15) is 0 Å². The van der Waals surface area contributed by atoms with Gasteiger partial charge in [0.15, 0.2) is 0 Å². The Labute approximate surface area is 151 Å². The van der Waals surface area contributed by atoms with E-state index in [1.54, 1.807) is 0 Å². The first-order valence-corrected chi connectivity index (χ1v) is 9.16. The van der Waals surface area contributed by atoms with Crippen molar-refractivity contribution >= 4 is 0 Å². The zero-order valence-electron chi connectivity index (χ0n) is 15.4. The fourth-order valence-corrected chi connectivity index (χ4v) is 3.24. The van der Waals surface area contributed by atoms with Crippen molar-refractivity contribution in [2.75, 3.05) is 19.8 Å². The molecule has 1 fully saturated rings. The second kappa shape index (κ2) is 8.61. The zero-order chi connectivity index (χ0) is 17.5. The van der Waals surface area contributed by atoms with E-state index in [2.05, 4.69) is 61.2 Å². The monoisotopic (exact) mass is 339 g/mol. The third kappa shape index (κ3) is 5.40. The largest absolute Gasteiger partial charge is 0.374 e. The average Bonchev–Trinajstić information content (AvgIpc) is 2.75. The topological polar surface area (TPSA) is 21.7 Å². The maximum Gasteiger partial charge on any atom is 0.0935 e. The molecule has 0 spiro atoms. The Morgan fingerprint density at radius 1 is 1.00 bits per heavy atom. The van der Waals surface area contributed by atoms with Gasteiger partial charge < -0.3 is 9.47 Å². The molecule has 1 saturated heterocycles. The van der Waals surface area contributed by atoms with Gasteiger partial charge in [-0.3, -0.25) is 4.90 Å². The fourth-order valence-electron chi connectivity index (χ4n) is 3.24. The molecule has 0 unspecified atom stereocenters. The van der Waals surface area contributed by atoms with Gasteiger partial charge in [0.1, 0.15) is 0 Å². The van der Waals surface area contributed by atoms with Crippen LogP contribution in [0.2, 0.25) is 0 Å². The number of hydrogen-bond donors (Lipinski definition) is 0. The third-order valence-electron chi connectivity index (χ3n) is 4.98. The van der Waals surface area contributed by atoms with E-state index in [4.69, 9.17) is 9.47 Å². The molecule has 0 radical (unpaired) electrons. The van der Waals surface area contributed by atoms with Crippen LogP contribution in [-0.2, 0) is 22.6 Å². The summed E-state index contributed by atoms with van der Waals surface area (Å²) in [6.45, 7) is 8.54. The highest BCUT2D eigenvalue weighted by atomic mass is 16.5. The zero-order valence-corrected chi connectivity index (χ0v) is 15.4. The van der Waals surface area contributed by atoms with Crippen LogP contribution in [0.25, 0.3) is 0 Å². The Morgan fingerprint density at radius 2 is 1.64 bits per heavy atom. The third-order valence-corrected chi connectivity index (χ3v) is 4.98. The lowest BCUT2D eigenvalue weighted by atomic mass is 9.97. The van der Waals surface area contributed by atoms with Crippen molar-refractivity contribution in [3.8, 4) is 0 Å². The maximum atomic E-state index is 6.08. The first kappa shape index (κ1) is 18.1. The molecule has 0 bridgehead atoms. The molecule has 0 aromatic heterocycles. The van der Waals surface area contributed by atoms with Gasteiger partial charge >= 0.3 is 0 Å². The van der Waals surface area contributed by atoms with Crippen LogP contribution in [0.3, 0.4) is 0 Å². The average molecular weight is 339 g/mol. The Bertz CT molecular complexity index is 627. The highest BCUT2D eigenvalue weighted by molar-refractivity contribution is 5.15. The summed E-state index contributed by atoms with van der Waals surface area (Å²) < 4.78 is 12.0. The van der Waals surface area contributed by atoms with Crippen molar-refractivity contribution in [2.24, 2.45) is 0 Å². The molecule has 0 aliphatic carbocycles. The lowest BCUT2D eigenvalue weighted by molar-refractivity contribution is -0.0239. The summed E-state index contributed by atoms with van der Waals surface area (Å²) >= 11 is 0. The summed E-state index contributed by atoms with van der Waals surface area (Å²) in [4.78, 5) is 2.53. The van der Waals surface area contributed by atoms with E-state index in [0.29, 0.717) is 13.2 Å². The molecule has 0 saturated carbocycles. The molecule has 25 heavy (non-hydrogen) atoms. The minimum atomic E-state index is 0.120. The SMILES string of the molecule is CC1(C)CCO[C@H](COCc2ccccc2)CN1Cc1ccccc1. The van der Waals surface area contributed by atoms with Gasteiger partial charge in [-0.05, 0) is 31.4 Å². The Balaban J connectivity index is 1.57. The van der Waals surface area contributed by atoms with E-state index in [1.807, 2.05) is 18.2 Å². The molecule has 0 amide bonds. The number of hydrogen-bond acceptors (Lipinski definition) is 3. The molecule has 1 heterocycles. The van der Waals surface area contributed by atoms with Crippen molar-refractivity contribution in [1.82, 2.24) is 4.90 Å². The van der Waals surface area contributed by atoms with Crippen LogP contribution >= 0.6 is 0 Å². The Kier molecular flexibility index (Phi) is 6.24. The minimum absolute atomic E-state index is 0.120. The van der Waals surface area contributed by atoms with E-state index in [1.165, 1.54) is 11.1 Å². The summed E-state index contributed by atoms with van der Waals surface area (Å²) in [5.41, 5.74) is 2.68. The molecule has 0 N–H and O–H groups in total. The molecular formula is C22H29NO2. The molecule has 2 aromatic rings. The summed E-state index contributed by atoms with van der Waals surface area (Å²) in [5.74, 6) is 0. The standard InChI is InChI=1S/C22H29NO2/c1-22(2)13-14-25-21(18-24-17-20-11-7-4-8-12-20)16-23(22)15-19-9-5-3-6-10-19/h3-12,21H,13-18H2,1-2H3/t21-/m0/s1. The summed E-state index contributed by atoms with van der Waals surface area (Å²) in [6.07, 6.45) is 1.16. The molecule has 1 aliphatic rings. The van der Waals surface area contributed by atoms with E-state index < -0.39 is 0 Å². The number of rotatable bonds is 6. The van der Waals surface area contributed by atoms with E-state index >= 15 is 0 Å². The van der Waals surface area contributed by atoms with Gasteiger partial charge in [-0.2, -0.15) is 0 Å². The van der Waals surface area contributed by atoms with Crippen LogP contribution in [-0.4, -0.2) is 36.3 Å². The van der Waals surface area contributed by atoms with Gasteiger partial charge in [-0.1, -0.05) is 60.7 Å². The minimum Gasteiger partial charge on any atom is -0.374 e. The quantitative estimate of drug-likeness (QED) is 0.784. The highest BCUT2D eigenvalue weighted by Gasteiger charge is 2.32. The summed E-state index contributed by atoms with van der Waals surface area (Å²) in [5, 5.41) is 0. The first-order valence-electron chi connectivity index (χ1n) is 9.16. The predicted molar refractivity (Wildman–Crippen MR) is 101 cm³/mol. The first-order chi connectivity index (χ1) is 12.1. The summed E-state index contributed by atoms with van der Waals surface area (Å²) in [7, 11) is 0. The number of benzene rings is 2. The van der Waals surface area contributed by atoms with Crippen LogP contribution in [0.4, 0.5) is 0 Å². The summed E-state index contributed by atoms with van der Waals surface area (Å²) in [6, 6.07) is 21.0. The van der Waals surface area contributed by atoms with Crippen LogP contribution in [0, 0.1) is 0 Å². The van der Waals surface area contributed by atoms with Gasteiger partial charge in [0, 0.05) is 25.2 Å². The van der Waals surface area contributed by atoms with Crippen molar-refractivity contribution in [3.63, 3.8) is 0 Å². The van der Waals surface area contributed by atoms with Crippen LogP contribution < -0.4 is 0 Å². The van der Waals surface area contributed by atoms with Crippen LogP contribution in [0.1, 0.15) is 31.4 Å². The fraction of sp³-hybridized carbons (Fsp3) is 0.455. The van der Waals surface area contributed by atoms with Crippen molar-refractivity contribution < 1.29 is 9.47 Å². The molecular weight excluding hydrogens is 310 g/mol. The molecule has 3 nitrogen and oxygen atoms in total. The molecule has 2 aromatic carbocycles. The van der Waals surface area contributed by atoms with Crippen molar-refractivity contribution in [2.45, 2.75) is 45.1 Å². The van der Waals surface area contributed by atoms with E-state index in [-0.39, 0.29) is 11.6 Å². The lowest BCUT2D eigenvalue weighted by Crippen LogP contribution is -2.45. The highest BCUT2D eigenvalue weighted by Crippen LogP contribution is 2.25. The second-order valence-electron chi connectivity index (χ2n) is 7.42. The second-order valence-corrected chi connectivity index (χ2v) is 7.42. The van der Waals surface area contributed by atoms with E-state index in [0.717, 1.165) is 26.1 Å². The van der Waals surface area contributed by atoms with Crippen LogP contribution in [0.5, 0.6) is 0 Å². The molecule has 134 valence electrons. The number of nitrogens with zero attached hydrogens (tertiary/aromatic N) is 1. The van der Waals surface area contributed by atoms with Crippen LogP contribution in [0.15, 0.2) is 60.7 Å². The smallest absolute Gasteiger partial charge is 0.0935 e. The predicted octanol–water partition coefficient (Wildman–Crippen LogP) is 4.27. The Morgan fingerprint density at radius 3 is 2.32 bits per heavy atom. The molecule has 3 heteroatoms. The van der Waals surface area contributed by atoms with Crippen molar-refractivity contribution in [1.29, 1.82) is 0 Å². The van der Waals surface area contributed by atoms with Gasteiger partial charge in [0.25, 0.3) is 0 Å². The molecule has 1 aliphatic heterocycles. The molecule has 1 atom stereocenters. The normalized spacial score (nSPS) is 21.0. The van der Waals surface area contributed by atoms with Gasteiger partial charge in [-0.25, -0.2) is 0 Å². The van der Waals surface area contributed by atoms with Gasteiger partial charge in [0.2, 0.25) is 0 Å². The Hall–Kier alpha value is -1.68. The molecule has 3 rings (SSSR count). The number of ether oxygens (including phenoxy) is 2.